The molecule has 0 aromatic rings. The molecule has 0 heterocycles. The van der Waals surface area contributed by atoms with Crippen molar-refractivity contribution >= 4 is 11.8 Å². The molecule has 0 N–H and O–H groups in total. The van der Waals surface area contributed by atoms with E-state index in [1.165, 1.54) is 6.08 Å². The van der Waals surface area contributed by atoms with Gasteiger partial charge in [0, 0.05) is 12.5 Å². The van der Waals surface area contributed by atoms with E-state index in [2.05, 4.69) is 22.9 Å². The van der Waals surface area contributed by atoms with Crippen LogP contribution in [0.2, 0.25) is 0 Å². The van der Waals surface area contributed by atoms with Gasteiger partial charge in [-0.15, -0.1) is 0 Å². The summed E-state index contributed by atoms with van der Waals surface area (Å²) in [6, 6.07) is 0. The molecule has 0 aliphatic heterocycles. The van der Waals surface area contributed by atoms with Crippen molar-refractivity contribution in [1.29, 1.82) is 0 Å². The molecule has 4 heteroatoms. The number of allylic oxidation sites excluding steroid dienone is 1. The largest absolute Gasteiger partial charge is 0.365 e. The van der Waals surface area contributed by atoms with Gasteiger partial charge >= 0.3 is 5.97 Å². The second-order valence-electron chi connectivity index (χ2n) is 1.85. The third kappa shape index (κ3) is 5.37. The Morgan fingerprint density at radius 3 is 2.42 bits per heavy atom. The Kier molecular flexibility index (Phi) is 5.55. The molecule has 0 spiro atoms. The number of hydrogen-bond donors (Lipinski definition) is 0. The summed E-state index contributed by atoms with van der Waals surface area (Å²) in [7, 11) is 0. The molecule has 0 bridgehead atoms. The van der Waals surface area contributed by atoms with Gasteiger partial charge in [0.05, 0.1) is 0 Å². The predicted molar refractivity (Wildman–Crippen MR) is 42.1 cm³/mol. The van der Waals surface area contributed by atoms with Crippen molar-refractivity contribution in [3.05, 3.63) is 25.3 Å². The van der Waals surface area contributed by atoms with Gasteiger partial charge in [0.25, 0.3) is 0 Å². The summed E-state index contributed by atoms with van der Waals surface area (Å²) in [6.07, 6.45) is 2.29. The molecule has 0 atom stereocenters. The van der Waals surface area contributed by atoms with E-state index in [1.807, 2.05) is 0 Å². The first-order valence-corrected chi connectivity index (χ1v) is 3.32. The molecular formula is C8H10O4. The summed E-state index contributed by atoms with van der Waals surface area (Å²) in [5, 5.41) is 0. The van der Waals surface area contributed by atoms with Crippen molar-refractivity contribution in [3.8, 4) is 0 Å². The van der Waals surface area contributed by atoms with E-state index in [0.29, 0.717) is 0 Å². The monoisotopic (exact) mass is 170 g/mol. The molecule has 12 heavy (non-hydrogen) atoms. The van der Waals surface area contributed by atoms with Crippen LogP contribution >= 0.6 is 0 Å². The van der Waals surface area contributed by atoms with Crippen LogP contribution in [0.5, 0.6) is 0 Å². The molecule has 0 aromatic carbocycles. The van der Waals surface area contributed by atoms with Gasteiger partial charge in [-0.2, -0.15) is 4.89 Å². The van der Waals surface area contributed by atoms with Crippen LogP contribution in [0, 0.1) is 0 Å². The molecule has 0 aromatic heterocycles. The van der Waals surface area contributed by atoms with Gasteiger partial charge in [-0.05, 0) is 6.08 Å². The molecule has 0 aliphatic rings. The average Bonchev–Trinajstić information content (AvgIpc) is 2.11. The first-order valence-electron chi connectivity index (χ1n) is 3.32. The summed E-state index contributed by atoms with van der Waals surface area (Å²) < 4.78 is 0. The van der Waals surface area contributed by atoms with Crippen LogP contribution in [0.15, 0.2) is 25.3 Å². The van der Waals surface area contributed by atoms with Gasteiger partial charge in [-0.25, -0.2) is 4.79 Å². The van der Waals surface area contributed by atoms with Crippen LogP contribution in [0.1, 0.15) is 6.42 Å². The third-order valence-corrected chi connectivity index (χ3v) is 0.967. The highest BCUT2D eigenvalue weighted by Crippen LogP contribution is 1.88. The molecule has 0 aliphatic carbocycles. The van der Waals surface area contributed by atoms with Gasteiger partial charge in [-0.3, -0.25) is 9.68 Å². The second kappa shape index (κ2) is 6.30. The summed E-state index contributed by atoms with van der Waals surface area (Å²) in [5.74, 6) is -0.842. The molecule has 0 radical (unpaired) electrons. The van der Waals surface area contributed by atoms with E-state index >= 15 is 0 Å². The third-order valence-electron chi connectivity index (χ3n) is 0.967. The maximum absolute atomic E-state index is 10.6. The van der Waals surface area contributed by atoms with Gasteiger partial charge in [-0.1, -0.05) is 13.2 Å². The zero-order valence-electron chi connectivity index (χ0n) is 6.62. The maximum atomic E-state index is 10.6. The molecule has 0 rings (SSSR count). The Hall–Kier alpha value is -1.42. The fourth-order valence-corrected chi connectivity index (χ4v) is 0.378. The number of rotatable bonds is 6. The number of hydrogen-bond acceptors (Lipinski definition) is 4. The summed E-state index contributed by atoms with van der Waals surface area (Å²) >= 11 is 0. The van der Waals surface area contributed by atoms with Gasteiger partial charge in [0.2, 0.25) is 0 Å². The van der Waals surface area contributed by atoms with Crippen LogP contribution in [0.4, 0.5) is 0 Å². The minimum absolute atomic E-state index is 0.0322. The lowest BCUT2D eigenvalue weighted by atomic mass is 10.3. The van der Waals surface area contributed by atoms with E-state index in [0.717, 1.165) is 6.08 Å². The highest BCUT2D eigenvalue weighted by Gasteiger charge is 1.98. The Labute approximate surface area is 70.4 Å². The van der Waals surface area contributed by atoms with Gasteiger partial charge in [0.1, 0.15) is 6.61 Å². The second-order valence-corrected chi connectivity index (χ2v) is 1.85. The molecule has 0 amide bonds. The predicted octanol–water partition coefficient (Wildman–Crippen LogP) is 0.792. The minimum Gasteiger partial charge on any atom is -0.295 e. The number of ketones is 1. The van der Waals surface area contributed by atoms with Crippen LogP contribution < -0.4 is 0 Å². The van der Waals surface area contributed by atoms with E-state index < -0.39 is 5.97 Å². The maximum Gasteiger partial charge on any atom is 0.365 e. The first kappa shape index (κ1) is 10.6. The van der Waals surface area contributed by atoms with Gasteiger partial charge < -0.3 is 0 Å². The average molecular weight is 170 g/mol. The molecular weight excluding hydrogens is 160 g/mol. The SMILES string of the molecule is C=CC(=O)CCOOC(=O)C=C. The zero-order chi connectivity index (χ0) is 9.40. The van der Waals surface area contributed by atoms with Crippen LogP contribution in [-0.2, 0) is 19.4 Å². The Morgan fingerprint density at radius 2 is 1.92 bits per heavy atom. The van der Waals surface area contributed by atoms with Crippen molar-refractivity contribution in [2.75, 3.05) is 6.61 Å². The highest BCUT2D eigenvalue weighted by atomic mass is 17.2. The molecule has 66 valence electrons. The van der Waals surface area contributed by atoms with E-state index in [4.69, 9.17) is 0 Å². The van der Waals surface area contributed by atoms with E-state index in [-0.39, 0.29) is 18.8 Å². The van der Waals surface area contributed by atoms with Crippen LogP contribution in [0.3, 0.4) is 0 Å². The molecule has 0 unspecified atom stereocenters. The van der Waals surface area contributed by atoms with Crippen LogP contribution in [-0.4, -0.2) is 18.4 Å². The van der Waals surface area contributed by atoms with Crippen molar-refractivity contribution < 1.29 is 19.4 Å². The number of carbonyl (C=O) groups excluding carboxylic acids is 2. The van der Waals surface area contributed by atoms with Crippen molar-refractivity contribution in [2.45, 2.75) is 6.42 Å². The first-order chi connectivity index (χ1) is 5.70. The molecule has 0 saturated carbocycles. The standard InChI is InChI=1S/C8H10O4/c1-3-7(9)5-6-11-12-8(10)4-2/h3-4H,1-2,5-6H2. The van der Waals surface area contributed by atoms with Crippen molar-refractivity contribution in [2.24, 2.45) is 0 Å². The normalized spacial score (nSPS) is 8.67. The Balaban J connectivity index is 3.32. The lowest BCUT2D eigenvalue weighted by Gasteiger charge is -1.98. The quantitative estimate of drug-likeness (QED) is 0.256. The fraction of sp³-hybridized carbons (Fsp3) is 0.250. The van der Waals surface area contributed by atoms with E-state index in [1.54, 1.807) is 0 Å². The Bertz CT molecular complexity index is 173. The summed E-state index contributed by atoms with van der Waals surface area (Å²) in [6.45, 7) is 6.45. The Morgan fingerprint density at radius 1 is 1.25 bits per heavy atom. The van der Waals surface area contributed by atoms with Gasteiger partial charge in [0.15, 0.2) is 5.78 Å². The molecule has 0 fully saturated rings. The highest BCUT2D eigenvalue weighted by molar-refractivity contribution is 5.89. The zero-order valence-corrected chi connectivity index (χ0v) is 6.62. The minimum atomic E-state index is -0.680. The lowest BCUT2D eigenvalue weighted by Crippen LogP contribution is -2.05. The topological polar surface area (TPSA) is 52.6 Å². The molecule has 4 nitrogen and oxygen atoms in total. The lowest BCUT2D eigenvalue weighted by molar-refractivity contribution is -0.266. The molecule has 0 saturated heterocycles. The van der Waals surface area contributed by atoms with E-state index in [9.17, 15) is 9.59 Å². The summed E-state index contributed by atoms with van der Waals surface area (Å²) in [4.78, 5) is 29.4. The number of carbonyl (C=O) groups is 2. The van der Waals surface area contributed by atoms with Crippen molar-refractivity contribution in [3.63, 3.8) is 0 Å². The van der Waals surface area contributed by atoms with Crippen molar-refractivity contribution in [1.82, 2.24) is 0 Å². The van der Waals surface area contributed by atoms with Crippen LogP contribution in [0.25, 0.3) is 0 Å². The fourth-order valence-electron chi connectivity index (χ4n) is 0.378. The summed E-state index contributed by atoms with van der Waals surface area (Å²) in [5.41, 5.74) is 0. The smallest absolute Gasteiger partial charge is 0.295 e.